The Balaban J connectivity index is 3.41. The number of sulfonamides is 1. The molecule has 102 valence electrons. The second kappa shape index (κ2) is 5.58. The smallest absolute Gasteiger partial charge is 0.238 e. The summed E-state index contributed by atoms with van der Waals surface area (Å²) in [7, 11) is -3.74. The van der Waals surface area contributed by atoms with Crippen LogP contribution in [0.3, 0.4) is 0 Å². The highest BCUT2D eigenvalue weighted by atomic mass is 32.2. The molecule has 0 aromatic heterocycles. The summed E-state index contributed by atoms with van der Waals surface area (Å²) in [4.78, 5) is 2.20. The summed E-state index contributed by atoms with van der Waals surface area (Å²) < 4.78 is 23.1. The summed E-state index contributed by atoms with van der Waals surface area (Å²) >= 11 is 0. The summed E-state index contributed by atoms with van der Waals surface area (Å²) in [5.41, 5.74) is 7.67. The highest BCUT2D eigenvalue weighted by molar-refractivity contribution is 7.89. The van der Waals surface area contributed by atoms with E-state index in [-0.39, 0.29) is 4.90 Å². The van der Waals surface area contributed by atoms with Gasteiger partial charge in [0.2, 0.25) is 10.0 Å². The molecule has 1 aromatic rings. The normalized spacial score (nSPS) is 11.6. The molecule has 0 amide bonds. The SMILES string of the molecule is CCCN(CC)c1cc(N)cc(S(N)(=O)=O)c1C. The lowest BCUT2D eigenvalue weighted by molar-refractivity contribution is 0.597. The molecule has 1 aromatic carbocycles. The maximum atomic E-state index is 11.5. The molecule has 0 spiro atoms. The number of nitrogens with zero attached hydrogens (tertiary/aromatic N) is 1. The molecule has 4 N–H and O–H groups in total. The molecule has 1 rings (SSSR count). The number of rotatable bonds is 5. The highest BCUT2D eigenvalue weighted by Gasteiger charge is 2.18. The minimum Gasteiger partial charge on any atom is -0.399 e. The van der Waals surface area contributed by atoms with Gasteiger partial charge in [0.05, 0.1) is 4.90 Å². The number of anilines is 2. The number of nitrogen functional groups attached to an aromatic ring is 1. The van der Waals surface area contributed by atoms with Crippen LogP contribution < -0.4 is 15.8 Å². The monoisotopic (exact) mass is 271 g/mol. The van der Waals surface area contributed by atoms with Gasteiger partial charge < -0.3 is 10.6 Å². The largest absolute Gasteiger partial charge is 0.399 e. The standard InChI is InChI=1S/C12H21N3O2S/c1-4-6-15(5-2)11-7-10(13)8-12(9(11)3)18(14,16)17/h7-8H,4-6,13H2,1-3H3,(H2,14,16,17). The van der Waals surface area contributed by atoms with E-state index in [1.54, 1.807) is 13.0 Å². The van der Waals surface area contributed by atoms with Gasteiger partial charge in [-0.05, 0) is 38.0 Å². The molecule has 5 nitrogen and oxygen atoms in total. The van der Waals surface area contributed by atoms with Crippen molar-refractivity contribution in [2.24, 2.45) is 5.14 Å². The lowest BCUT2D eigenvalue weighted by Gasteiger charge is -2.25. The van der Waals surface area contributed by atoms with Crippen molar-refractivity contribution in [3.63, 3.8) is 0 Å². The first kappa shape index (κ1) is 14.8. The summed E-state index contributed by atoms with van der Waals surface area (Å²) in [6.45, 7) is 7.50. The van der Waals surface area contributed by atoms with Crippen molar-refractivity contribution in [1.82, 2.24) is 0 Å². The molecule has 0 unspecified atom stereocenters. The van der Waals surface area contributed by atoms with Gasteiger partial charge in [-0.2, -0.15) is 0 Å². The first-order chi connectivity index (χ1) is 8.31. The van der Waals surface area contributed by atoms with Gasteiger partial charge in [0.1, 0.15) is 0 Å². The van der Waals surface area contributed by atoms with Crippen LogP contribution in [0.15, 0.2) is 17.0 Å². The van der Waals surface area contributed by atoms with Crippen LogP contribution >= 0.6 is 0 Å². The van der Waals surface area contributed by atoms with Gasteiger partial charge in [0.15, 0.2) is 0 Å². The molecule has 0 saturated heterocycles. The van der Waals surface area contributed by atoms with Crippen LogP contribution in [0.2, 0.25) is 0 Å². The highest BCUT2D eigenvalue weighted by Crippen LogP contribution is 2.29. The van der Waals surface area contributed by atoms with Gasteiger partial charge in [-0.25, -0.2) is 13.6 Å². The van der Waals surface area contributed by atoms with Gasteiger partial charge in [-0.1, -0.05) is 6.92 Å². The van der Waals surface area contributed by atoms with Gasteiger partial charge in [0.25, 0.3) is 0 Å². The van der Waals surface area contributed by atoms with Crippen LogP contribution in [0.25, 0.3) is 0 Å². The van der Waals surface area contributed by atoms with Crippen molar-refractivity contribution >= 4 is 21.4 Å². The van der Waals surface area contributed by atoms with E-state index >= 15 is 0 Å². The maximum Gasteiger partial charge on any atom is 0.238 e. The van der Waals surface area contributed by atoms with E-state index in [0.717, 1.165) is 25.2 Å². The molecular weight excluding hydrogens is 250 g/mol. The topological polar surface area (TPSA) is 89.4 Å². The molecule has 0 aliphatic heterocycles. The molecule has 6 heteroatoms. The van der Waals surface area contributed by atoms with Crippen LogP contribution in [0.5, 0.6) is 0 Å². The van der Waals surface area contributed by atoms with E-state index in [2.05, 4.69) is 11.8 Å². The van der Waals surface area contributed by atoms with Crippen molar-refractivity contribution < 1.29 is 8.42 Å². The lowest BCUT2D eigenvalue weighted by Crippen LogP contribution is -2.25. The van der Waals surface area contributed by atoms with Crippen molar-refractivity contribution in [3.8, 4) is 0 Å². The van der Waals surface area contributed by atoms with E-state index in [0.29, 0.717) is 11.3 Å². The molecule has 0 radical (unpaired) electrons. The number of hydrogen-bond acceptors (Lipinski definition) is 4. The molecule has 0 bridgehead atoms. The molecule has 0 fully saturated rings. The van der Waals surface area contributed by atoms with Crippen LogP contribution in [0, 0.1) is 6.92 Å². The third kappa shape index (κ3) is 3.14. The summed E-state index contributed by atoms with van der Waals surface area (Å²) in [5, 5.41) is 5.21. The average molecular weight is 271 g/mol. The van der Waals surface area contributed by atoms with Crippen LogP contribution in [0.1, 0.15) is 25.8 Å². The second-order valence-corrected chi connectivity index (χ2v) is 5.82. The van der Waals surface area contributed by atoms with Crippen molar-refractivity contribution in [2.45, 2.75) is 32.1 Å². The van der Waals surface area contributed by atoms with Crippen LogP contribution in [-0.2, 0) is 10.0 Å². The zero-order valence-electron chi connectivity index (χ0n) is 11.1. The maximum absolute atomic E-state index is 11.5. The molecule has 18 heavy (non-hydrogen) atoms. The molecule has 0 saturated carbocycles. The fourth-order valence-corrected chi connectivity index (χ4v) is 2.87. The Hall–Kier alpha value is -1.27. The van der Waals surface area contributed by atoms with Gasteiger partial charge in [-0.3, -0.25) is 0 Å². The fraction of sp³-hybridized carbons (Fsp3) is 0.500. The Labute approximate surface area is 109 Å². The molecule has 0 aliphatic carbocycles. The summed E-state index contributed by atoms with van der Waals surface area (Å²) in [6, 6.07) is 3.21. The predicted molar refractivity (Wildman–Crippen MR) is 75.1 cm³/mol. The zero-order chi connectivity index (χ0) is 13.9. The first-order valence-corrected chi connectivity index (χ1v) is 7.53. The van der Waals surface area contributed by atoms with E-state index < -0.39 is 10.0 Å². The van der Waals surface area contributed by atoms with Crippen LogP contribution in [0.4, 0.5) is 11.4 Å². The Kier molecular flexibility index (Phi) is 4.59. The first-order valence-electron chi connectivity index (χ1n) is 5.99. The molecule has 0 aliphatic rings. The minimum atomic E-state index is -3.74. The molecule has 0 heterocycles. The lowest BCUT2D eigenvalue weighted by atomic mass is 10.1. The summed E-state index contributed by atoms with van der Waals surface area (Å²) in [5.74, 6) is 0. The average Bonchev–Trinajstić information content (AvgIpc) is 2.27. The predicted octanol–water partition coefficient (Wildman–Crippen LogP) is 1.46. The number of benzene rings is 1. The molecule has 0 atom stereocenters. The number of primary sulfonamides is 1. The van der Waals surface area contributed by atoms with E-state index in [9.17, 15) is 8.42 Å². The third-order valence-electron chi connectivity index (χ3n) is 2.88. The van der Waals surface area contributed by atoms with Gasteiger partial charge >= 0.3 is 0 Å². The fourth-order valence-electron chi connectivity index (χ4n) is 2.04. The quantitative estimate of drug-likeness (QED) is 0.793. The van der Waals surface area contributed by atoms with Crippen molar-refractivity contribution in [3.05, 3.63) is 17.7 Å². The van der Waals surface area contributed by atoms with Crippen molar-refractivity contribution in [2.75, 3.05) is 23.7 Å². The number of nitrogens with two attached hydrogens (primary N) is 2. The van der Waals surface area contributed by atoms with Crippen LogP contribution in [-0.4, -0.2) is 21.5 Å². The Bertz CT molecular complexity index is 526. The van der Waals surface area contributed by atoms with E-state index in [1.807, 2.05) is 6.92 Å². The van der Waals surface area contributed by atoms with Crippen molar-refractivity contribution in [1.29, 1.82) is 0 Å². The Morgan fingerprint density at radius 1 is 1.28 bits per heavy atom. The van der Waals surface area contributed by atoms with E-state index in [1.165, 1.54) is 6.07 Å². The molecular formula is C12H21N3O2S. The van der Waals surface area contributed by atoms with Gasteiger partial charge in [0, 0.05) is 24.5 Å². The van der Waals surface area contributed by atoms with Gasteiger partial charge in [-0.15, -0.1) is 0 Å². The minimum absolute atomic E-state index is 0.104. The zero-order valence-corrected chi connectivity index (χ0v) is 11.9. The number of hydrogen-bond donors (Lipinski definition) is 2. The Morgan fingerprint density at radius 2 is 1.89 bits per heavy atom. The summed E-state index contributed by atoms with van der Waals surface area (Å²) in [6.07, 6.45) is 0.979. The second-order valence-electron chi connectivity index (χ2n) is 4.29. The Morgan fingerprint density at radius 3 is 2.33 bits per heavy atom. The third-order valence-corrected chi connectivity index (χ3v) is 3.91. The van der Waals surface area contributed by atoms with E-state index in [4.69, 9.17) is 10.9 Å².